The molecule has 0 amide bonds. The summed E-state index contributed by atoms with van der Waals surface area (Å²) in [5.41, 5.74) is 1.92. The number of nitrogens with zero attached hydrogens (tertiary/aromatic N) is 2. The van der Waals surface area contributed by atoms with Gasteiger partial charge in [0.05, 0.1) is 16.5 Å². The lowest BCUT2D eigenvalue weighted by molar-refractivity contribution is -0.147. The number of hydrogen-bond acceptors (Lipinski definition) is 6. The van der Waals surface area contributed by atoms with E-state index >= 15 is 0 Å². The van der Waals surface area contributed by atoms with Gasteiger partial charge in [0.2, 0.25) is 5.82 Å². The van der Waals surface area contributed by atoms with Crippen molar-refractivity contribution in [3.05, 3.63) is 47.5 Å². The minimum Gasteiger partial charge on any atom is -0.489 e. The first-order valence-electron chi connectivity index (χ1n) is 11.1. The van der Waals surface area contributed by atoms with Gasteiger partial charge in [-0.2, -0.15) is 4.98 Å². The number of carbonyl (C=O) groups is 1. The molecule has 1 saturated carbocycles. The molecule has 0 saturated heterocycles. The third-order valence-electron chi connectivity index (χ3n) is 6.07. The quantitative estimate of drug-likeness (QED) is 0.408. The van der Waals surface area contributed by atoms with Gasteiger partial charge >= 0.3 is 5.97 Å². The third kappa shape index (κ3) is 5.30. The number of aliphatic carboxylic acids is 1. The van der Waals surface area contributed by atoms with Crippen LogP contribution in [0.15, 0.2) is 47.0 Å². The zero-order valence-electron chi connectivity index (χ0n) is 19.0. The van der Waals surface area contributed by atoms with Crippen molar-refractivity contribution < 1.29 is 19.2 Å². The minimum absolute atomic E-state index is 0.0331. The van der Waals surface area contributed by atoms with Crippen molar-refractivity contribution in [3.63, 3.8) is 0 Å². The monoisotopic (exact) mass is 469 g/mol. The Morgan fingerprint density at radius 3 is 2.64 bits per heavy atom. The number of ether oxygens (including phenoxy) is 1. The lowest BCUT2D eigenvalue weighted by Gasteiger charge is -2.18. The van der Waals surface area contributed by atoms with Crippen LogP contribution in [0.25, 0.3) is 22.8 Å². The van der Waals surface area contributed by atoms with Crippen LogP contribution < -0.4 is 10.1 Å². The maximum atomic E-state index is 11.4. The summed E-state index contributed by atoms with van der Waals surface area (Å²) in [7, 11) is 0. The number of carboxylic acids is 1. The zero-order valence-corrected chi connectivity index (χ0v) is 19.7. The third-order valence-corrected chi connectivity index (χ3v) is 6.36. The summed E-state index contributed by atoms with van der Waals surface area (Å²) in [4.78, 5) is 15.9. The Balaban J connectivity index is 1.38. The van der Waals surface area contributed by atoms with Crippen molar-refractivity contribution >= 4 is 23.3 Å². The summed E-state index contributed by atoms with van der Waals surface area (Å²) in [6.07, 6.45) is 2.39. The van der Waals surface area contributed by atoms with Crippen LogP contribution in [0, 0.1) is 11.3 Å². The molecule has 3 aromatic rings. The summed E-state index contributed by atoms with van der Waals surface area (Å²) in [5.74, 6) is 1.15. The molecule has 2 N–H and O–H groups in total. The lowest BCUT2D eigenvalue weighted by Crippen LogP contribution is -2.25. The Bertz CT molecular complexity index is 1130. The fraction of sp³-hybridized carbons (Fsp3) is 0.400. The first-order chi connectivity index (χ1) is 15.7. The summed E-state index contributed by atoms with van der Waals surface area (Å²) < 4.78 is 11.1. The van der Waals surface area contributed by atoms with Crippen molar-refractivity contribution in [3.8, 4) is 28.6 Å². The average molecular weight is 470 g/mol. The molecule has 0 bridgehead atoms. The van der Waals surface area contributed by atoms with E-state index in [1.54, 1.807) is 12.1 Å². The molecular formula is C25H28ClN3O4. The number of aromatic nitrogens is 2. The molecular weight excluding hydrogens is 442 g/mol. The van der Waals surface area contributed by atoms with Crippen LogP contribution in [-0.4, -0.2) is 33.9 Å². The second-order valence-corrected chi connectivity index (χ2v) is 9.58. The second kappa shape index (κ2) is 9.43. The molecule has 0 spiro atoms. The van der Waals surface area contributed by atoms with Gasteiger partial charge in [-0.15, -0.1) is 0 Å². The SMILES string of the molecule is CC(C)Oc1ccc(-c2noc(-c3ccc(NCC4CC[C@@](C)(C(=O)O)C4)cc3)n2)cc1Cl. The molecule has 0 aliphatic heterocycles. The van der Waals surface area contributed by atoms with Gasteiger partial charge in [-0.1, -0.05) is 16.8 Å². The maximum Gasteiger partial charge on any atom is 0.309 e. The molecule has 1 unspecified atom stereocenters. The standard InChI is InChI=1S/C25H28ClN3O4/c1-15(2)32-21-9-6-18(12-20(21)26)22-28-23(33-29-22)17-4-7-19(8-5-17)27-14-16-10-11-25(3,13-16)24(30)31/h4-9,12,15-16,27H,10-11,13-14H2,1-3H3,(H,30,31)/t16?,25-/m1/s1. The Kier molecular flexibility index (Phi) is 6.61. The van der Waals surface area contributed by atoms with Gasteiger partial charge in [-0.05, 0) is 88.4 Å². The highest BCUT2D eigenvalue weighted by Gasteiger charge is 2.41. The van der Waals surface area contributed by atoms with E-state index in [9.17, 15) is 9.90 Å². The first kappa shape index (κ1) is 23.1. The summed E-state index contributed by atoms with van der Waals surface area (Å²) >= 11 is 6.33. The van der Waals surface area contributed by atoms with Crippen LogP contribution in [0.5, 0.6) is 5.75 Å². The summed E-state index contributed by atoms with van der Waals surface area (Å²) in [6.45, 7) is 6.48. The normalized spacial score (nSPS) is 20.2. The van der Waals surface area contributed by atoms with Gasteiger partial charge in [0, 0.05) is 23.4 Å². The van der Waals surface area contributed by atoms with Crippen LogP contribution >= 0.6 is 11.6 Å². The highest BCUT2D eigenvalue weighted by Crippen LogP contribution is 2.41. The smallest absolute Gasteiger partial charge is 0.309 e. The van der Waals surface area contributed by atoms with Gasteiger partial charge in [0.25, 0.3) is 5.89 Å². The fourth-order valence-corrected chi connectivity index (χ4v) is 4.40. The largest absolute Gasteiger partial charge is 0.489 e. The number of benzene rings is 2. The van der Waals surface area contributed by atoms with E-state index < -0.39 is 11.4 Å². The number of nitrogens with one attached hydrogen (secondary N) is 1. The lowest BCUT2D eigenvalue weighted by atomic mass is 9.88. The molecule has 0 radical (unpaired) electrons. The van der Waals surface area contributed by atoms with Crippen LogP contribution in [0.1, 0.15) is 40.0 Å². The Morgan fingerprint density at radius 1 is 1.27 bits per heavy atom. The zero-order chi connectivity index (χ0) is 23.6. The number of anilines is 1. The molecule has 33 heavy (non-hydrogen) atoms. The van der Waals surface area contributed by atoms with Gasteiger partial charge in [-0.3, -0.25) is 4.79 Å². The van der Waals surface area contributed by atoms with Gasteiger partial charge < -0.3 is 19.7 Å². The van der Waals surface area contributed by atoms with E-state index in [2.05, 4.69) is 15.5 Å². The number of hydrogen-bond donors (Lipinski definition) is 2. The predicted octanol–water partition coefficient (Wildman–Crippen LogP) is 6.15. The van der Waals surface area contributed by atoms with E-state index in [1.165, 1.54) is 0 Å². The molecule has 174 valence electrons. The minimum atomic E-state index is -0.699. The summed E-state index contributed by atoms with van der Waals surface area (Å²) in [6, 6.07) is 13.2. The van der Waals surface area contributed by atoms with Crippen molar-refractivity contribution in [2.45, 2.75) is 46.1 Å². The van der Waals surface area contributed by atoms with Gasteiger partial charge in [0.1, 0.15) is 5.75 Å². The van der Waals surface area contributed by atoms with E-state index in [0.717, 1.165) is 36.2 Å². The molecule has 1 aliphatic carbocycles. The molecule has 7 nitrogen and oxygen atoms in total. The van der Waals surface area contributed by atoms with E-state index in [4.69, 9.17) is 20.9 Å². The van der Waals surface area contributed by atoms with Crippen LogP contribution in [0.2, 0.25) is 5.02 Å². The Morgan fingerprint density at radius 2 is 2.00 bits per heavy atom. The van der Waals surface area contributed by atoms with Crippen LogP contribution in [0.4, 0.5) is 5.69 Å². The molecule has 2 atom stereocenters. The molecule has 1 heterocycles. The second-order valence-electron chi connectivity index (χ2n) is 9.17. The number of carboxylic acid groups (broad SMARTS) is 1. The predicted molar refractivity (Wildman–Crippen MR) is 128 cm³/mol. The first-order valence-corrected chi connectivity index (χ1v) is 11.5. The highest BCUT2D eigenvalue weighted by molar-refractivity contribution is 6.32. The highest BCUT2D eigenvalue weighted by atomic mass is 35.5. The Hall–Kier alpha value is -3.06. The number of halogens is 1. The molecule has 2 aromatic carbocycles. The molecule has 4 rings (SSSR count). The van der Waals surface area contributed by atoms with Crippen molar-refractivity contribution in [1.29, 1.82) is 0 Å². The van der Waals surface area contributed by atoms with E-state index in [-0.39, 0.29) is 6.10 Å². The summed E-state index contributed by atoms with van der Waals surface area (Å²) in [5, 5.41) is 17.4. The van der Waals surface area contributed by atoms with Crippen LogP contribution in [0.3, 0.4) is 0 Å². The van der Waals surface area contributed by atoms with Gasteiger partial charge in [0.15, 0.2) is 0 Å². The molecule has 8 heteroatoms. The van der Waals surface area contributed by atoms with E-state index in [1.807, 2.05) is 51.1 Å². The van der Waals surface area contributed by atoms with E-state index in [0.29, 0.717) is 34.8 Å². The fourth-order valence-electron chi connectivity index (χ4n) is 4.17. The topological polar surface area (TPSA) is 97.5 Å². The van der Waals surface area contributed by atoms with Crippen LogP contribution in [-0.2, 0) is 4.79 Å². The van der Waals surface area contributed by atoms with Crippen molar-refractivity contribution in [2.75, 3.05) is 11.9 Å². The Labute approximate surface area is 198 Å². The van der Waals surface area contributed by atoms with Crippen molar-refractivity contribution in [1.82, 2.24) is 10.1 Å². The molecule has 1 aromatic heterocycles. The average Bonchev–Trinajstić information content (AvgIpc) is 3.42. The van der Waals surface area contributed by atoms with Gasteiger partial charge in [-0.25, -0.2) is 0 Å². The van der Waals surface area contributed by atoms with Crippen molar-refractivity contribution in [2.24, 2.45) is 11.3 Å². The number of rotatable bonds is 8. The maximum absolute atomic E-state index is 11.4. The molecule has 1 fully saturated rings. The molecule has 1 aliphatic rings.